The van der Waals surface area contributed by atoms with Gasteiger partial charge >= 0.3 is 0 Å². The third-order valence-corrected chi connectivity index (χ3v) is 4.56. The molecular weight excluding hydrogens is 284 g/mol. The highest BCUT2D eigenvalue weighted by molar-refractivity contribution is 7.10. The first kappa shape index (κ1) is 15.6. The van der Waals surface area contributed by atoms with Crippen LogP contribution in [0.3, 0.4) is 0 Å². The van der Waals surface area contributed by atoms with E-state index >= 15 is 0 Å². The number of amides is 2. The Morgan fingerprint density at radius 2 is 2.33 bits per heavy atom. The standard InChI is InChI=1S/C16H20N2O2S/c1-3-5-13(17-15(19)6-4-2)16(20)18-9-7-14-12(11-18)8-10-21-14/h8,10,13H,3,5,7,9,11H2,1-2H3,(H,17,19). The van der Waals surface area contributed by atoms with Crippen LogP contribution in [0.5, 0.6) is 0 Å². The predicted octanol–water partition coefficient (Wildman–Crippen LogP) is 1.94. The summed E-state index contributed by atoms with van der Waals surface area (Å²) in [4.78, 5) is 27.5. The van der Waals surface area contributed by atoms with Gasteiger partial charge < -0.3 is 10.2 Å². The van der Waals surface area contributed by atoms with Gasteiger partial charge in [-0.25, -0.2) is 0 Å². The van der Waals surface area contributed by atoms with E-state index < -0.39 is 6.04 Å². The maximum atomic E-state index is 12.6. The molecule has 0 aromatic carbocycles. The van der Waals surface area contributed by atoms with Crippen molar-refractivity contribution in [2.75, 3.05) is 6.54 Å². The zero-order chi connectivity index (χ0) is 15.2. The Morgan fingerprint density at radius 3 is 3.05 bits per heavy atom. The fourth-order valence-electron chi connectivity index (χ4n) is 2.51. The molecule has 1 atom stereocenters. The van der Waals surface area contributed by atoms with E-state index in [1.807, 2.05) is 11.8 Å². The van der Waals surface area contributed by atoms with Crippen molar-refractivity contribution in [3.63, 3.8) is 0 Å². The Morgan fingerprint density at radius 1 is 1.52 bits per heavy atom. The highest BCUT2D eigenvalue weighted by Gasteiger charge is 2.28. The smallest absolute Gasteiger partial charge is 0.296 e. The van der Waals surface area contributed by atoms with Crippen molar-refractivity contribution in [1.82, 2.24) is 10.2 Å². The fourth-order valence-corrected chi connectivity index (χ4v) is 3.40. The number of carbonyl (C=O) groups excluding carboxylic acids is 2. The molecule has 1 aliphatic heterocycles. The van der Waals surface area contributed by atoms with Gasteiger partial charge in [-0.15, -0.1) is 11.3 Å². The topological polar surface area (TPSA) is 49.4 Å². The third-order valence-electron chi connectivity index (χ3n) is 3.54. The molecule has 0 aliphatic carbocycles. The van der Waals surface area contributed by atoms with Crippen LogP contribution in [-0.4, -0.2) is 29.3 Å². The van der Waals surface area contributed by atoms with Crippen LogP contribution in [0.25, 0.3) is 0 Å². The second-order valence-corrected chi connectivity index (χ2v) is 6.07. The van der Waals surface area contributed by atoms with Crippen LogP contribution in [0.15, 0.2) is 11.4 Å². The van der Waals surface area contributed by atoms with Gasteiger partial charge in [-0.05, 0) is 42.7 Å². The maximum Gasteiger partial charge on any atom is 0.296 e. The van der Waals surface area contributed by atoms with Crippen molar-refractivity contribution in [2.24, 2.45) is 0 Å². The van der Waals surface area contributed by atoms with Gasteiger partial charge in [-0.3, -0.25) is 9.59 Å². The predicted molar refractivity (Wildman–Crippen MR) is 83.7 cm³/mol. The maximum absolute atomic E-state index is 12.6. The summed E-state index contributed by atoms with van der Waals surface area (Å²) in [5.41, 5.74) is 1.23. The number of nitrogens with zero attached hydrogens (tertiary/aromatic N) is 1. The SMILES string of the molecule is CC#CC(=O)NC(CCC)C(=O)N1CCc2sccc2C1. The van der Waals surface area contributed by atoms with Crippen LogP contribution in [0.4, 0.5) is 0 Å². The van der Waals surface area contributed by atoms with Gasteiger partial charge in [0.1, 0.15) is 6.04 Å². The van der Waals surface area contributed by atoms with E-state index in [1.165, 1.54) is 10.4 Å². The minimum absolute atomic E-state index is 0.0000435. The second-order valence-electron chi connectivity index (χ2n) is 5.07. The summed E-state index contributed by atoms with van der Waals surface area (Å²) in [6.45, 7) is 4.99. The van der Waals surface area contributed by atoms with Crippen molar-refractivity contribution < 1.29 is 9.59 Å². The number of carbonyl (C=O) groups is 2. The molecule has 0 bridgehead atoms. The largest absolute Gasteiger partial charge is 0.336 e. The van der Waals surface area contributed by atoms with Crippen LogP contribution in [-0.2, 0) is 22.6 Å². The van der Waals surface area contributed by atoms with Gasteiger partial charge in [0.2, 0.25) is 5.91 Å². The molecule has 2 rings (SSSR count). The van der Waals surface area contributed by atoms with Crippen molar-refractivity contribution in [1.29, 1.82) is 0 Å². The Kier molecular flexibility index (Phi) is 5.40. The van der Waals surface area contributed by atoms with E-state index in [-0.39, 0.29) is 11.8 Å². The molecule has 2 amide bonds. The molecule has 0 saturated carbocycles. The van der Waals surface area contributed by atoms with E-state index in [0.717, 1.165) is 19.4 Å². The molecule has 1 aromatic rings. The van der Waals surface area contributed by atoms with Crippen molar-refractivity contribution in [2.45, 2.75) is 45.7 Å². The lowest BCUT2D eigenvalue weighted by Crippen LogP contribution is -2.49. The molecule has 1 unspecified atom stereocenters. The quantitative estimate of drug-likeness (QED) is 0.864. The number of hydrogen-bond donors (Lipinski definition) is 1. The Labute approximate surface area is 129 Å². The van der Waals surface area contributed by atoms with Gasteiger partial charge in [-0.2, -0.15) is 0 Å². The van der Waals surface area contributed by atoms with Crippen molar-refractivity contribution in [3.8, 4) is 11.8 Å². The molecule has 2 heterocycles. The minimum Gasteiger partial charge on any atom is -0.336 e. The summed E-state index contributed by atoms with van der Waals surface area (Å²) in [5.74, 6) is 4.61. The first-order chi connectivity index (χ1) is 10.2. The molecule has 0 fully saturated rings. The number of hydrogen-bond acceptors (Lipinski definition) is 3. The molecule has 21 heavy (non-hydrogen) atoms. The van der Waals surface area contributed by atoms with Gasteiger partial charge in [-0.1, -0.05) is 19.3 Å². The molecule has 0 spiro atoms. The molecular formula is C16H20N2O2S. The number of rotatable bonds is 4. The summed E-state index contributed by atoms with van der Waals surface area (Å²) in [6.07, 6.45) is 2.39. The minimum atomic E-state index is -0.469. The van der Waals surface area contributed by atoms with Gasteiger partial charge in [0.25, 0.3) is 5.91 Å². The third kappa shape index (κ3) is 3.85. The highest BCUT2D eigenvalue weighted by atomic mass is 32.1. The average molecular weight is 304 g/mol. The summed E-state index contributed by atoms with van der Waals surface area (Å²) in [7, 11) is 0. The Bertz CT molecular complexity index is 583. The zero-order valence-electron chi connectivity index (χ0n) is 12.4. The van der Waals surface area contributed by atoms with E-state index in [2.05, 4.69) is 28.6 Å². The van der Waals surface area contributed by atoms with Crippen LogP contribution in [0.1, 0.15) is 37.1 Å². The van der Waals surface area contributed by atoms with Crippen LogP contribution in [0, 0.1) is 11.8 Å². The first-order valence-electron chi connectivity index (χ1n) is 7.23. The van der Waals surface area contributed by atoms with Crippen molar-refractivity contribution >= 4 is 23.2 Å². The summed E-state index contributed by atoms with van der Waals surface area (Å²) in [5, 5.41) is 4.80. The lowest BCUT2D eigenvalue weighted by Gasteiger charge is -2.30. The van der Waals surface area contributed by atoms with Gasteiger partial charge in [0, 0.05) is 18.0 Å². The molecule has 4 nitrogen and oxygen atoms in total. The zero-order valence-corrected chi connectivity index (χ0v) is 13.3. The molecule has 1 aliphatic rings. The van der Waals surface area contributed by atoms with Crippen molar-refractivity contribution in [3.05, 3.63) is 21.9 Å². The monoisotopic (exact) mass is 304 g/mol. The molecule has 1 aromatic heterocycles. The first-order valence-corrected chi connectivity index (χ1v) is 8.11. The van der Waals surface area contributed by atoms with E-state index in [0.29, 0.717) is 13.0 Å². The average Bonchev–Trinajstić information content (AvgIpc) is 2.93. The summed E-state index contributed by atoms with van der Waals surface area (Å²) < 4.78 is 0. The van der Waals surface area contributed by atoms with E-state index in [9.17, 15) is 9.59 Å². The molecule has 1 N–H and O–H groups in total. The lowest BCUT2D eigenvalue weighted by atomic mass is 10.1. The van der Waals surface area contributed by atoms with Gasteiger partial charge in [0.05, 0.1) is 0 Å². The molecule has 5 heteroatoms. The molecule has 112 valence electrons. The highest BCUT2D eigenvalue weighted by Crippen LogP contribution is 2.24. The Balaban J connectivity index is 2.04. The molecule has 0 saturated heterocycles. The lowest BCUT2D eigenvalue weighted by molar-refractivity contribution is -0.136. The number of fused-ring (bicyclic) bond motifs is 1. The van der Waals surface area contributed by atoms with Gasteiger partial charge in [0.15, 0.2) is 0 Å². The van der Waals surface area contributed by atoms with Crippen LogP contribution in [0.2, 0.25) is 0 Å². The molecule has 0 radical (unpaired) electrons. The fraction of sp³-hybridized carbons (Fsp3) is 0.500. The summed E-state index contributed by atoms with van der Waals surface area (Å²) >= 11 is 1.75. The Hall–Kier alpha value is -1.80. The van der Waals surface area contributed by atoms with Crippen LogP contribution >= 0.6 is 11.3 Å². The van der Waals surface area contributed by atoms with E-state index in [1.54, 1.807) is 18.3 Å². The second kappa shape index (κ2) is 7.28. The van der Waals surface area contributed by atoms with E-state index in [4.69, 9.17) is 0 Å². The number of thiophene rings is 1. The summed E-state index contributed by atoms with van der Waals surface area (Å²) in [6, 6.07) is 1.61. The normalized spacial score (nSPS) is 14.7. The van der Waals surface area contributed by atoms with Crippen LogP contribution < -0.4 is 5.32 Å². The number of nitrogens with one attached hydrogen (secondary N) is 1.